The topological polar surface area (TPSA) is 54.5 Å². The van der Waals surface area contributed by atoms with Crippen molar-refractivity contribution in [2.45, 2.75) is 39.0 Å². The number of nitrogens with one attached hydrogen (secondary N) is 1. The minimum atomic E-state index is -0.0788. The average Bonchev–Trinajstić information content (AvgIpc) is 2.86. The van der Waals surface area contributed by atoms with E-state index in [9.17, 15) is 4.79 Å². The summed E-state index contributed by atoms with van der Waals surface area (Å²) in [7, 11) is 1.77. The maximum Gasteiger partial charge on any atom is 0.223 e. The van der Waals surface area contributed by atoms with E-state index in [1.54, 1.807) is 7.11 Å². The van der Waals surface area contributed by atoms with Crippen molar-refractivity contribution in [2.24, 2.45) is 0 Å². The normalized spacial score (nSPS) is 24.4. The molecular formula is C12H19N3O2S. The number of ether oxygens (including phenoxy) is 1. The average molecular weight is 269 g/mol. The van der Waals surface area contributed by atoms with Crippen molar-refractivity contribution in [3.05, 3.63) is 11.1 Å². The molecule has 1 aromatic rings. The number of rotatable bonds is 4. The van der Waals surface area contributed by atoms with Crippen LogP contribution in [-0.2, 0) is 16.1 Å². The second kappa shape index (κ2) is 5.77. The maximum absolute atomic E-state index is 10.9. The summed E-state index contributed by atoms with van der Waals surface area (Å²) in [6, 6.07) is 0.529. The predicted octanol–water partition coefficient (Wildman–Crippen LogP) is 1.71. The standard InChI is InChI=1S/C12H19N3O2S/c1-8-4-10(17-3)6-15(8)7-11-5-13-12(18-11)14-9(2)16/h5,8,10H,4,6-7H2,1-3H3,(H,13,14,16)/t8-,10+/m0/s1. The summed E-state index contributed by atoms with van der Waals surface area (Å²) < 4.78 is 5.40. The van der Waals surface area contributed by atoms with E-state index in [0.717, 1.165) is 19.5 Å². The van der Waals surface area contributed by atoms with Crippen molar-refractivity contribution in [2.75, 3.05) is 19.0 Å². The van der Waals surface area contributed by atoms with Gasteiger partial charge in [0.1, 0.15) is 0 Å². The molecule has 2 heterocycles. The van der Waals surface area contributed by atoms with Crippen LogP contribution in [0.2, 0.25) is 0 Å². The Balaban J connectivity index is 1.93. The highest BCUT2D eigenvalue weighted by Crippen LogP contribution is 2.25. The minimum absolute atomic E-state index is 0.0788. The SMILES string of the molecule is CO[C@@H]1C[C@H](C)N(Cc2cnc(NC(C)=O)s2)C1. The molecule has 1 amide bonds. The molecule has 0 spiro atoms. The lowest BCUT2D eigenvalue weighted by Gasteiger charge is -2.19. The van der Waals surface area contributed by atoms with E-state index < -0.39 is 0 Å². The molecule has 0 radical (unpaired) electrons. The summed E-state index contributed by atoms with van der Waals surface area (Å²) in [6.45, 7) is 5.55. The van der Waals surface area contributed by atoms with Gasteiger partial charge in [-0.25, -0.2) is 4.98 Å². The van der Waals surface area contributed by atoms with Gasteiger partial charge in [0, 0.05) is 44.2 Å². The Labute approximate surface area is 111 Å². The number of aromatic nitrogens is 1. The number of carbonyl (C=O) groups is 1. The van der Waals surface area contributed by atoms with Gasteiger partial charge in [-0.1, -0.05) is 0 Å². The summed E-state index contributed by atoms with van der Waals surface area (Å²) >= 11 is 1.53. The lowest BCUT2D eigenvalue weighted by molar-refractivity contribution is -0.114. The molecule has 0 aromatic carbocycles. The van der Waals surface area contributed by atoms with Crippen LogP contribution in [0.3, 0.4) is 0 Å². The van der Waals surface area contributed by atoms with Crippen LogP contribution in [0.5, 0.6) is 0 Å². The summed E-state index contributed by atoms with van der Waals surface area (Å²) in [5.74, 6) is -0.0788. The Morgan fingerprint density at radius 2 is 2.50 bits per heavy atom. The molecule has 0 bridgehead atoms. The number of anilines is 1. The van der Waals surface area contributed by atoms with E-state index in [0.29, 0.717) is 17.3 Å². The molecule has 1 aliphatic rings. The molecule has 0 aliphatic carbocycles. The van der Waals surface area contributed by atoms with Gasteiger partial charge in [-0.15, -0.1) is 11.3 Å². The molecule has 1 saturated heterocycles. The van der Waals surface area contributed by atoms with Crippen molar-refractivity contribution < 1.29 is 9.53 Å². The van der Waals surface area contributed by atoms with Crippen LogP contribution < -0.4 is 5.32 Å². The molecule has 1 aromatic heterocycles. The van der Waals surface area contributed by atoms with Gasteiger partial charge >= 0.3 is 0 Å². The lowest BCUT2D eigenvalue weighted by Crippen LogP contribution is -2.26. The van der Waals surface area contributed by atoms with E-state index in [2.05, 4.69) is 22.1 Å². The Morgan fingerprint density at radius 1 is 1.72 bits per heavy atom. The zero-order chi connectivity index (χ0) is 13.1. The molecule has 6 heteroatoms. The maximum atomic E-state index is 10.9. The minimum Gasteiger partial charge on any atom is -0.380 e. The first-order chi connectivity index (χ1) is 8.58. The fraction of sp³-hybridized carbons (Fsp3) is 0.667. The molecular weight excluding hydrogens is 250 g/mol. The van der Waals surface area contributed by atoms with Gasteiger partial charge < -0.3 is 10.1 Å². The Morgan fingerprint density at radius 3 is 3.11 bits per heavy atom. The highest BCUT2D eigenvalue weighted by atomic mass is 32.1. The molecule has 1 fully saturated rings. The quantitative estimate of drug-likeness (QED) is 0.904. The van der Waals surface area contributed by atoms with E-state index in [1.807, 2.05) is 6.20 Å². The van der Waals surface area contributed by atoms with Crippen LogP contribution >= 0.6 is 11.3 Å². The van der Waals surface area contributed by atoms with Gasteiger partial charge in [0.15, 0.2) is 5.13 Å². The molecule has 1 aliphatic heterocycles. The van der Waals surface area contributed by atoms with Crippen molar-refractivity contribution >= 4 is 22.4 Å². The van der Waals surface area contributed by atoms with Crippen molar-refractivity contribution in [1.82, 2.24) is 9.88 Å². The van der Waals surface area contributed by atoms with Gasteiger partial charge in [-0.3, -0.25) is 9.69 Å². The smallest absolute Gasteiger partial charge is 0.223 e. The fourth-order valence-electron chi connectivity index (χ4n) is 2.23. The zero-order valence-corrected chi connectivity index (χ0v) is 11.8. The fourth-order valence-corrected chi connectivity index (χ4v) is 3.11. The summed E-state index contributed by atoms with van der Waals surface area (Å²) in [6.07, 6.45) is 3.25. The molecule has 5 nitrogen and oxygen atoms in total. The highest BCUT2D eigenvalue weighted by Gasteiger charge is 2.29. The number of nitrogens with zero attached hydrogens (tertiary/aromatic N) is 2. The number of methoxy groups -OCH3 is 1. The van der Waals surface area contributed by atoms with E-state index in [-0.39, 0.29) is 5.91 Å². The van der Waals surface area contributed by atoms with Crippen LogP contribution in [0.1, 0.15) is 25.1 Å². The van der Waals surface area contributed by atoms with Gasteiger partial charge in [0.05, 0.1) is 6.10 Å². The molecule has 1 N–H and O–H groups in total. The zero-order valence-electron chi connectivity index (χ0n) is 11.0. The number of thiazole rings is 1. The predicted molar refractivity (Wildman–Crippen MR) is 71.7 cm³/mol. The van der Waals surface area contributed by atoms with Gasteiger partial charge in [0.25, 0.3) is 0 Å². The van der Waals surface area contributed by atoms with Crippen molar-refractivity contribution in [3.8, 4) is 0 Å². The van der Waals surface area contributed by atoms with Gasteiger partial charge in [-0.2, -0.15) is 0 Å². The van der Waals surface area contributed by atoms with Crippen LogP contribution in [0.15, 0.2) is 6.20 Å². The third-order valence-corrected chi connectivity index (χ3v) is 4.09. The third kappa shape index (κ3) is 3.28. The highest BCUT2D eigenvalue weighted by molar-refractivity contribution is 7.15. The Bertz CT molecular complexity index is 421. The van der Waals surface area contributed by atoms with Gasteiger partial charge in [0.2, 0.25) is 5.91 Å². The first-order valence-electron chi connectivity index (χ1n) is 6.07. The Kier molecular flexibility index (Phi) is 4.31. The molecule has 18 heavy (non-hydrogen) atoms. The molecule has 100 valence electrons. The lowest BCUT2D eigenvalue weighted by atomic mass is 10.2. The van der Waals surface area contributed by atoms with Crippen molar-refractivity contribution in [3.63, 3.8) is 0 Å². The number of hydrogen-bond donors (Lipinski definition) is 1. The van der Waals surface area contributed by atoms with Crippen LogP contribution in [0.25, 0.3) is 0 Å². The monoisotopic (exact) mass is 269 g/mol. The summed E-state index contributed by atoms with van der Waals surface area (Å²) in [5.41, 5.74) is 0. The van der Waals surface area contributed by atoms with Gasteiger partial charge in [-0.05, 0) is 13.3 Å². The van der Waals surface area contributed by atoms with E-state index in [1.165, 1.54) is 23.1 Å². The third-order valence-electron chi connectivity index (χ3n) is 3.19. The number of likely N-dealkylation sites (tertiary alicyclic amines) is 1. The van der Waals surface area contributed by atoms with Crippen molar-refractivity contribution in [1.29, 1.82) is 0 Å². The van der Waals surface area contributed by atoms with Crippen LogP contribution in [-0.4, -0.2) is 41.6 Å². The molecule has 2 atom stereocenters. The Hall–Kier alpha value is -0.980. The van der Waals surface area contributed by atoms with Crippen LogP contribution in [0.4, 0.5) is 5.13 Å². The first-order valence-corrected chi connectivity index (χ1v) is 6.89. The number of carbonyl (C=O) groups excluding carboxylic acids is 1. The second-order valence-corrected chi connectivity index (χ2v) is 5.80. The van der Waals surface area contributed by atoms with E-state index >= 15 is 0 Å². The molecule has 2 rings (SSSR count). The molecule has 0 saturated carbocycles. The van der Waals surface area contributed by atoms with E-state index in [4.69, 9.17) is 4.74 Å². The van der Waals surface area contributed by atoms with Crippen LogP contribution in [0, 0.1) is 0 Å². The molecule has 0 unspecified atom stereocenters. The second-order valence-electron chi connectivity index (χ2n) is 4.68. The number of hydrogen-bond acceptors (Lipinski definition) is 5. The summed E-state index contributed by atoms with van der Waals surface area (Å²) in [4.78, 5) is 18.7. The first kappa shape index (κ1) is 13.5. The largest absolute Gasteiger partial charge is 0.380 e. The number of amides is 1. The summed E-state index contributed by atoms with van der Waals surface area (Å²) in [5, 5.41) is 3.38.